The highest BCUT2D eigenvalue weighted by Gasteiger charge is 2.02. The normalized spacial score (nSPS) is 10.5. The van der Waals surface area contributed by atoms with Crippen LogP contribution in [0.1, 0.15) is 16.7 Å². The van der Waals surface area contributed by atoms with E-state index in [-0.39, 0.29) is 0 Å². The molecule has 0 atom stereocenters. The Morgan fingerprint density at radius 3 is 2.47 bits per heavy atom. The minimum Gasteiger partial charge on any atom is -0.374 e. The number of anilines is 1. The molecule has 100 valence electrons. The molecule has 2 rings (SSSR count). The average Bonchev–Trinajstić information content (AvgIpc) is 2.45. The molecule has 0 amide bonds. The van der Waals surface area contributed by atoms with Crippen LogP contribution < -0.4 is 10.6 Å². The predicted octanol–water partition coefficient (Wildman–Crippen LogP) is 3.13. The van der Waals surface area contributed by atoms with E-state index < -0.39 is 0 Å². The number of hydrogen-bond donors (Lipinski definition) is 1. The number of hydrogen-bond acceptors (Lipinski definition) is 2. The van der Waals surface area contributed by atoms with Crippen LogP contribution in [0.25, 0.3) is 0 Å². The second-order valence-electron chi connectivity index (χ2n) is 5.03. The molecule has 2 heteroatoms. The molecule has 2 nitrogen and oxygen atoms in total. The van der Waals surface area contributed by atoms with Gasteiger partial charge in [0.05, 0.1) is 0 Å². The largest absolute Gasteiger partial charge is 0.374 e. The highest BCUT2D eigenvalue weighted by molar-refractivity contribution is 5.48. The quantitative estimate of drug-likeness (QED) is 0.888. The first-order valence-electron chi connectivity index (χ1n) is 6.75. The van der Waals surface area contributed by atoms with Crippen molar-refractivity contribution in [2.24, 2.45) is 5.73 Å². The third-order valence-electron chi connectivity index (χ3n) is 3.41. The van der Waals surface area contributed by atoms with Crippen LogP contribution in [0.15, 0.2) is 48.5 Å². The van der Waals surface area contributed by atoms with Crippen LogP contribution in [0.2, 0.25) is 0 Å². The second kappa shape index (κ2) is 6.39. The number of nitrogens with zero attached hydrogens (tertiary/aromatic N) is 1. The molecule has 0 aromatic heterocycles. The monoisotopic (exact) mass is 254 g/mol. The van der Waals surface area contributed by atoms with Gasteiger partial charge in [-0.15, -0.1) is 0 Å². The van der Waals surface area contributed by atoms with Crippen LogP contribution in [-0.2, 0) is 13.0 Å². The number of nitrogens with two attached hydrogens (primary N) is 1. The van der Waals surface area contributed by atoms with Gasteiger partial charge in [-0.05, 0) is 36.6 Å². The summed E-state index contributed by atoms with van der Waals surface area (Å²) in [5, 5.41) is 0. The van der Waals surface area contributed by atoms with Gasteiger partial charge in [-0.2, -0.15) is 0 Å². The van der Waals surface area contributed by atoms with E-state index in [1.807, 2.05) is 0 Å². The topological polar surface area (TPSA) is 29.3 Å². The lowest BCUT2D eigenvalue weighted by Crippen LogP contribution is -2.20. The highest BCUT2D eigenvalue weighted by Crippen LogP contribution is 2.15. The molecule has 0 bridgehead atoms. The first-order valence-corrected chi connectivity index (χ1v) is 6.75. The van der Waals surface area contributed by atoms with Crippen LogP contribution >= 0.6 is 0 Å². The fourth-order valence-corrected chi connectivity index (χ4v) is 2.21. The lowest BCUT2D eigenvalue weighted by molar-refractivity contribution is 0.874. The molecule has 0 aliphatic heterocycles. The van der Waals surface area contributed by atoms with Crippen molar-refractivity contribution in [2.75, 3.05) is 18.5 Å². The van der Waals surface area contributed by atoms with Crippen LogP contribution in [0.5, 0.6) is 0 Å². The van der Waals surface area contributed by atoms with E-state index >= 15 is 0 Å². The SMILES string of the molecule is Cc1cccc(CCN(C)c2cccc(CN)c2)c1. The molecular weight excluding hydrogens is 232 g/mol. The molecule has 0 fully saturated rings. The van der Waals surface area contributed by atoms with Crippen molar-refractivity contribution in [3.8, 4) is 0 Å². The fourth-order valence-electron chi connectivity index (χ4n) is 2.21. The smallest absolute Gasteiger partial charge is 0.0366 e. The van der Waals surface area contributed by atoms with Crippen LogP contribution in [0.3, 0.4) is 0 Å². The molecule has 0 saturated carbocycles. The lowest BCUT2D eigenvalue weighted by Gasteiger charge is -2.20. The summed E-state index contributed by atoms with van der Waals surface area (Å²) in [6.45, 7) is 3.75. The first kappa shape index (κ1) is 13.6. The summed E-state index contributed by atoms with van der Waals surface area (Å²) in [4.78, 5) is 2.28. The van der Waals surface area contributed by atoms with Crippen molar-refractivity contribution in [1.29, 1.82) is 0 Å². The van der Waals surface area contributed by atoms with Crippen LogP contribution in [0.4, 0.5) is 5.69 Å². The Hall–Kier alpha value is -1.80. The molecule has 0 radical (unpaired) electrons. The van der Waals surface area contributed by atoms with Crippen molar-refractivity contribution in [3.63, 3.8) is 0 Å². The van der Waals surface area contributed by atoms with Crippen molar-refractivity contribution < 1.29 is 0 Å². The standard InChI is InChI=1S/C17H22N2/c1-14-5-3-6-15(11-14)9-10-19(2)17-8-4-7-16(12-17)13-18/h3-8,11-12H,9-10,13,18H2,1-2H3. The van der Waals surface area contributed by atoms with Gasteiger partial charge < -0.3 is 10.6 Å². The van der Waals surface area contributed by atoms with Crippen molar-refractivity contribution in [3.05, 3.63) is 65.2 Å². The zero-order valence-corrected chi connectivity index (χ0v) is 11.8. The molecule has 0 heterocycles. The summed E-state index contributed by atoms with van der Waals surface area (Å²) < 4.78 is 0. The number of likely N-dealkylation sites (N-methyl/N-ethyl adjacent to an activating group) is 1. The zero-order chi connectivity index (χ0) is 13.7. The summed E-state index contributed by atoms with van der Waals surface area (Å²) in [7, 11) is 2.13. The number of benzene rings is 2. The molecule has 0 saturated heterocycles. The zero-order valence-electron chi connectivity index (χ0n) is 11.8. The van der Waals surface area contributed by atoms with Crippen LogP contribution in [-0.4, -0.2) is 13.6 Å². The lowest BCUT2D eigenvalue weighted by atomic mass is 10.1. The Morgan fingerprint density at radius 1 is 1.00 bits per heavy atom. The van der Waals surface area contributed by atoms with Gasteiger partial charge in [0.25, 0.3) is 0 Å². The van der Waals surface area contributed by atoms with Gasteiger partial charge >= 0.3 is 0 Å². The van der Waals surface area contributed by atoms with Gasteiger partial charge in [-0.25, -0.2) is 0 Å². The molecular formula is C17H22N2. The molecule has 0 aliphatic rings. The molecule has 2 N–H and O–H groups in total. The van der Waals surface area contributed by atoms with Crippen molar-refractivity contribution in [2.45, 2.75) is 19.9 Å². The van der Waals surface area contributed by atoms with Gasteiger partial charge in [-0.1, -0.05) is 42.0 Å². The van der Waals surface area contributed by atoms with Gasteiger partial charge in [0.1, 0.15) is 0 Å². The van der Waals surface area contributed by atoms with Crippen molar-refractivity contribution >= 4 is 5.69 Å². The molecule has 19 heavy (non-hydrogen) atoms. The van der Waals surface area contributed by atoms with E-state index in [0.717, 1.165) is 13.0 Å². The van der Waals surface area contributed by atoms with Gasteiger partial charge in [0.2, 0.25) is 0 Å². The van der Waals surface area contributed by atoms with Gasteiger partial charge in [0, 0.05) is 25.8 Å². The van der Waals surface area contributed by atoms with Crippen LogP contribution in [0, 0.1) is 6.92 Å². The van der Waals surface area contributed by atoms with E-state index in [1.165, 1.54) is 22.4 Å². The Kier molecular flexibility index (Phi) is 4.58. The van der Waals surface area contributed by atoms with E-state index in [9.17, 15) is 0 Å². The Morgan fingerprint density at radius 2 is 1.74 bits per heavy atom. The van der Waals surface area contributed by atoms with E-state index in [2.05, 4.69) is 67.4 Å². The van der Waals surface area contributed by atoms with E-state index in [0.29, 0.717) is 6.54 Å². The molecule has 0 unspecified atom stereocenters. The third-order valence-corrected chi connectivity index (χ3v) is 3.41. The maximum Gasteiger partial charge on any atom is 0.0366 e. The Labute approximate surface area is 115 Å². The number of aryl methyl sites for hydroxylation is 1. The molecule has 2 aromatic carbocycles. The molecule has 0 spiro atoms. The third kappa shape index (κ3) is 3.83. The summed E-state index contributed by atoms with van der Waals surface area (Å²) in [5.41, 5.74) is 10.8. The first-order chi connectivity index (χ1) is 9.19. The van der Waals surface area contributed by atoms with Crippen molar-refractivity contribution in [1.82, 2.24) is 0 Å². The number of rotatable bonds is 5. The Balaban J connectivity index is 1.99. The summed E-state index contributed by atoms with van der Waals surface area (Å²) in [6, 6.07) is 17.1. The average molecular weight is 254 g/mol. The second-order valence-corrected chi connectivity index (χ2v) is 5.03. The summed E-state index contributed by atoms with van der Waals surface area (Å²) in [5.74, 6) is 0. The van der Waals surface area contributed by atoms with Gasteiger partial charge in [-0.3, -0.25) is 0 Å². The van der Waals surface area contributed by atoms with E-state index in [1.54, 1.807) is 0 Å². The minimum atomic E-state index is 0.597. The fraction of sp³-hybridized carbons (Fsp3) is 0.294. The maximum absolute atomic E-state index is 5.68. The van der Waals surface area contributed by atoms with Gasteiger partial charge in [0.15, 0.2) is 0 Å². The molecule has 2 aromatic rings. The molecule has 0 aliphatic carbocycles. The summed E-state index contributed by atoms with van der Waals surface area (Å²) in [6.07, 6.45) is 1.06. The predicted molar refractivity (Wildman–Crippen MR) is 82.5 cm³/mol. The minimum absolute atomic E-state index is 0.597. The maximum atomic E-state index is 5.68. The van der Waals surface area contributed by atoms with E-state index in [4.69, 9.17) is 5.73 Å². The highest BCUT2D eigenvalue weighted by atomic mass is 15.1. The Bertz CT molecular complexity index is 534. The summed E-state index contributed by atoms with van der Waals surface area (Å²) >= 11 is 0.